The molecule has 4 rings (SSSR count). The number of para-hydroxylation sites is 2. The van der Waals surface area contributed by atoms with Gasteiger partial charge in [-0.3, -0.25) is 14.2 Å². The van der Waals surface area contributed by atoms with Gasteiger partial charge in [0.05, 0.1) is 5.52 Å². The lowest BCUT2D eigenvalue weighted by Crippen LogP contribution is -2.24. The maximum atomic E-state index is 13.0. The summed E-state index contributed by atoms with van der Waals surface area (Å²) in [4.78, 5) is 25.4. The van der Waals surface area contributed by atoms with E-state index in [0.29, 0.717) is 16.9 Å². The van der Waals surface area contributed by atoms with Crippen molar-refractivity contribution in [2.24, 2.45) is 0 Å². The first-order chi connectivity index (χ1) is 11.2. The fourth-order valence-corrected chi connectivity index (χ4v) is 2.92. The van der Waals surface area contributed by atoms with Crippen LogP contribution >= 0.6 is 0 Å². The van der Waals surface area contributed by atoms with Crippen LogP contribution in [0.15, 0.2) is 74.7 Å². The predicted octanol–water partition coefficient (Wildman–Crippen LogP) is 3.41. The van der Waals surface area contributed by atoms with Crippen molar-refractivity contribution in [3.05, 3.63) is 87.0 Å². The molecule has 0 fully saturated rings. The molecule has 4 aromatic rings. The Labute approximate surface area is 131 Å². The number of nitrogens with zero attached hydrogens (tertiary/aromatic N) is 1. The first kappa shape index (κ1) is 13.5. The van der Waals surface area contributed by atoms with E-state index in [0.717, 1.165) is 11.1 Å². The monoisotopic (exact) mass is 303 g/mol. The van der Waals surface area contributed by atoms with Gasteiger partial charge in [-0.25, -0.2) is 0 Å². The molecular weight excluding hydrogens is 290 g/mol. The fraction of sp³-hybridized carbons (Fsp3) is 0.0526. The Morgan fingerprint density at radius 1 is 0.913 bits per heavy atom. The second-order valence-corrected chi connectivity index (χ2v) is 5.42. The van der Waals surface area contributed by atoms with Gasteiger partial charge in [0.25, 0.3) is 5.56 Å². The van der Waals surface area contributed by atoms with E-state index in [1.54, 1.807) is 11.5 Å². The number of fused-ring (bicyclic) bond motifs is 3. The Bertz CT molecular complexity index is 1150. The quantitative estimate of drug-likeness (QED) is 0.506. The Kier molecular flexibility index (Phi) is 2.91. The molecule has 0 aliphatic rings. The van der Waals surface area contributed by atoms with Crippen LogP contribution in [0.5, 0.6) is 0 Å². The van der Waals surface area contributed by atoms with E-state index < -0.39 is 0 Å². The molecule has 2 aromatic heterocycles. The third kappa shape index (κ3) is 1.99. The number of hydrogen-bond donors (Lipinski definition) is 0. The highest BCUT2D eigenvalue weighted by Gasteiger charge is 2.16. The molecule has 0 amide bonds. The number of hydrogen-bond acceptors (Lipinski definition) is 3. The molecule has 0 saturated carbocycles. The van der Waals surface area contributed by atoms with Crippen molar-refractivity contribution in [3.8, 4) is 5.69 Å². The molecule has 2 aromatic carbocycles. The van der Waals surface area contributed by atoms with Gasteiger partial charge in [0.15, 0.2) is 11.0 Å². The zero-order valence-corrected chi connectivity index (χ0v) is 12.4. The predicted molar refractivity (Wildman–Crippen MR) is 90.3 cm³/mol. The maximum absolute atomic E-state index is 13.0. The summed E-state index contributed by atoms with van der Waals surface area (Å²) in [5, 5.41) is 0.824. The Morgan fingerprint density at radius 2 is 1.61 bits per heavy atom. The van der Waals surface area contributed by atoms with E-state index in [2.05, 4.69) is 0 Å². The summed E-state index contributed by atoms with van der Waals surface area (Å²) in [7, 11) is 0. The summed E-state index contributed by atoms with van der Waals surface area (Å²) in [6.07, 6.45) is 0. The molecule has 0 unspecified atom stereocenters. The number of aromatic nitrogens is 1. The summed E-state index contributed by atoms with van der Waals surface area (Å²) >= 11 is 0. The van der Waals surface area contributed by atoms with Crippen molar-refractivity contribution in [2.45, 2.75) is 6.92 Å². The van der Waals surface area contributed by atoms with Crippen molar-refractivity contribution in [2.75, 3.05) is 0 Å². The zero-order chi connectivity index (χ0) is 16.0. The second-order valence-electron chi connectivity index (χ2n) is 5.42. The first-order valence-corrected chi connectivity index (χ1v) is 7.30. The van der Waals surface area contributed by atoms with Gasteiger partial charge in [-0.15, -0.1) is 0 Å². The summed E-state index contributed by atoms with van der Waals surface area (Å²) < 4.78 is 7.27. The molecule has 0 spiro atoms. The second kappa shape index (κ2) is 4.95. The van der Waals surface area contributed by atoms with Crippen LogP contribution in [0.4, 0.5) is 0 Å². The first-order valence-electron chi connectivity index (χ1n) is 7.30. The van der Waals surface area contributed by atoms with E-state index in [-0.39, 0.29) is 16.4 Å². The molecular formula is C19H13NO3. The molecule has 0 atom stereocenters. The van der Waals surface area contributed by atoms with Crippen molar-refractivity contribution >= 4 is 21.9 Å². The molecule has 2 heterocycles. The van der Waals surface area contributed by atoms with Crippen LogP contribution in [-0.4, -0.2) is 4.57 Å². The van der Waals surface area contributed by atoms with E-state index in [4.69, 9.17) is 4.42 Å². The topological polar surface area (TPSA) is 52.2 Å². The summed E-state index contributed by atoms with van der Waals surface area (Å²) in [5.41, 5.74) is 1.10. The van der Waals surface area contributed by atoms with Gasteiger partial charge >= 0.3 is 0 Å². The molecule has 0 aliphatic carbocycles. The SMILES string of the molecule is Cc1cc(=O)c2c(=O)n(-c3ccccc3)c3ccccc3c2o1. The van der Waals surface area contributed by atoms with E-state index in [9.17, 15) is 9.59 Å². The molecule has 23 heavy (non-hydrogen) atoms. The summed E-state index contributed by atoms with van der Waals surface area (Å²) in [5.74, 6) is 0.490. The van der Waals surface area contributed by atoms with Gasteiger partial charge in [-0.2, -0.15) is 0 Å². The minimum absolute atomic E-state index is 0.0816. The van der Waals surface area contributed by atoms with Crippen LogP contribution in [0, 0.1) is 6.92 Å². The van der Waals surface area contributed by atoms with Crippen LogP contribution in [0.3, 0.4) is 0 Å². The number of pyridine rings is 1. The van der Waals surface area contributed by atoms with Crippen molar-refractivity contribution in [1.29, 1.82) is 0 Å². The lowest BCUT2D eigenvalue weighted by molar-refractivity contribution is 0.567. The van der Waals surface area contributed by atoms with Crippen molar-refractivity contribution < 1.29 is 4.42 Å². The third-order valence-electron chi connectivity index (χ3n) is 3.89. The van der Waals surface area contributed by atoms with Gasteiger partial charge in [0, 0.05) is 17.1 Å². The molecule has 4 nitrogen and oxygen atoms in total. The Morgan fingerprint density at radius 3 is 2.39 bits per heavy atom. The summed E-state index contributed by atoms with van der Waals surface area (Å²) in [6.45, 7) is 1.71. The molecule has 4 heteroatoms. The molecule has 0 N–H and O–H groups in total. The van der Waals surface area contributed by atoms with Gasteiger partial charge in [0.2, 0.25) is 0 Å². The molecule has 0 bridgehead atoms. The van der Waals surface area contributed by atoms with Gasteiger partial charge in [0.1, 0.15) is 11.1 Å². The lowest BCUT2D eigenvalue weighted by atomic mass is 10.1. The fourth-order valence-electron chi connectivity index (χ4n) is 2.92. The number of aryl methyl sites for hydroxylation is 1. The largest absolute Gasteiger partial charge is 0.460 e. The smallest absolute Gasteiger partial charge is 0.270 e. The van der Waals surface area contributed by atoms with Crippen LogP contribution in [0.2, 0.25) is 0 Å². The highest BCUT2D eigenvalue weighted by atomic mass is 16.3. The third-order valence-corrected chi connectivity index (χ3v) is 3.89. The standard InChI is InChI=1S/C19H13NO3/c1-12-11-16(21)17-18(23-12)14-9-5-6-10-15(14)20(19(17)22)13-7-3-2-4-8-13/h2-11H,1H3. The Balaban J connectivity index is 2.34. The Hall–Kier alpha value is -3.14. The zero-order valence-electron chi connectivity index (χ0n) is 12.4. The minimum atomic E-state index is -0.362. The highest BCUT2D eigenvalue weighted by Crippen LogP contribution is 2.24. The van der Waals surface area contributed by atoms with Crippen LogP contribution in [-0.2, 0) is 0 Å². The highest BCUT2D eigenvalue weighted by molar-refractivity contribution is 6.02. The summed E-state index contributed by atoms with van der Waals surface area (Å²) in [6, 6.07) is 18.1. The van der Waals surface area contributed by atoms with E-state index in [1.165, 1.54) is 6.07 Å². The average Bonchev–Trinajstić information content (AvgIpc) is 2.55. The number of benzene rings is 2. The van der Waals surface area contributed by atoms with Gasteiger partial charge < -0.3 is 4.42 Å². The van der Waals surface area contributed by atoms with Gasteiger partial charge in [-0.1, -0.05) is 30.3 Å². The van der Waals surface area contributed by atoms with E-state index >= 15 is 0 Å². The van der Waals surface area contributed by atoms with Crippen molar-refractivity contribution in [1.82, 2.24) is 4.57 Å². The van der Waals surface area contributed by atoms with E-state index in [1.807, 2.05) is 54.6 Å². The number of rotatable bonds is 1. The average molecular weight is 303 g/mol. The van der Waals surface area contributed by atoms with Crippen molar-refractivity contribution in [3.63, 3.8) is 0 Å². The van der Waals surface area contributed by atoms with Gasteiger partial charge in [-0.05, 0) is 31.2 Å². The van der Waals surface area contributed by atoms with Crippen LogP contribution in [0.1, 0.15) is 5.76 Å². The molecule has 112 valence electrons. The van der Waals surface area contributed by atoms with Crippen LogP contribution < -0.4 is 11.0 Å². The molecule has 0 aliphatic heterocycles. The molecule has 0 radical (unpaired) electrons. The normalized spacial score (nSPS) is 11.2. The maximum Gasteiger partial charge on any atom is 0.270 e. The molecule has 0 saturated heterocycles. The minimum Gasteiger partial charge on any atom is -0.460 e. The van der Waals surface area contributed by atoms with Crippen LogP contribution in [0.25, 0.3) is 27.6 Å². The lowest BCUT2D eigenvalue weighted by Gasteiger charge is -2.12.